The maximum Gasteiger partial charge on any atom is 0.251 e. The van der Waals surface area contributed by atoms with Crippen LogP contribution in [0, 0.1) is 0 Å². The molecule has 3 N–H and O–H groups in total. The fraction of sp³-hybridized carbons (Fsp3) is 0.368. The SMILES string of the molecule is O=C(CCNC(=O)c1ccc2ccccc2c1)NC1CCCNC1. The van der Waals surface area contributed by atoms with Crippen LogP contribution in [0.2, 0.25) is 0 Å². The number of carbonyl (C=O) groups excluding carboxylic acids is 2. The summed E-state index contributed by atoms with van der Waals surface area (Å²) in [6, 6.07) is 13.8. The molecule has 1 aliphatic heterocycles. The summed E-state index contributed by atoms with van der Waals surface area (Å²) in [5, 5.41) is 11.2. The number of nitrogens with one attached hydrogen (secondary N) is 3. The molecule has 3 rings (SSSR count). The number of carbonyl (C=O) groups is 2. The lowest BCUT2D eigenvalue weighted by Crippen LogP contribution is -2.46. The zero-order valence-electron chi connectivity index (χ0n) is 13.7. The number of piperidine rings is 1. The monoisotopic (exact) mass is 325 g/mol. The maximum absolute atomic E-state index is 12.2. The Balaban J connectivity index is 1.46. The summed E-state index contributed by atoms with van der Waals surface area (Å²) >= 11 is 0. The molecule has 0 bridgehead atoms. The molecular weight excluding hydrogens is 302 g/mol. The Bertz CT molecular complexity index is 723. The molecule has 126 valence electrons. The number of benzene rings is 2. The zero-order chi connectivity index (χ0) is 16.8. The van der Waals surface area contributed by atoms with E-state index in [1.807, 2.05) is 42.5 Å². The third-order valence-corrected chi connectivity index (χ3v) is 4.31. The van der Waals surface area contributed by atoms with Gasteiger partial charge in [0.05, 0.1) is 0 Å². The van der Waals surface area contributed by atoms with Gasteiger partial charge in [-0.25, -0.2) is 0 Å². The van der Waals surface area contributed by atoms with E-state index in [-0.39, 0.29) is 17.9 Å². The minimum Gasteiger partial charge on any atom is -0.352 e. The maximum atomic E-state index is 12.2. The summed E-state index contributed by atoms with van der Waals surface area (Å²) in [5.41, 5.74) is 0.616. The normalized spacial score (nSPS) is 17.4. The quantitative estimate of drug-likeness (QED) is 0.785. The number of hydrogen-bond acceptors (Lipinski definition) is 3. The van der Waals surface area contributed by atoms with E-state index >= 15 is 0 Å². The van der Waals surface area contributed by atoms with Crippen LogP contribution >= 0.6 is 0 Å². The zero-order valence-corrected chi connectivity index (χ0v) is 13.7. The molecule has 0 spiro atoms. The number of hydrogen-bond donors (Lipinski definition) is 3. The van der Waals surface area contributed by atoms with Gasteiger partial charge in [0, 0.05) is 31.1 Å². The molecule has 2 aromatic carbocycles. The Morgan fingerprint density at radius 1 is 1.12 bits per heavy atom. The standard InChI is InChI=1S/C19H23N3O2/c23-18(22-17-6-3-10-20-13-17)9-11-21-19(24)16-8-7-14-4-1-2-5-15(14)12-16/h1-2,4-5,7-8,12,17,20H,3,6,9-11,13H2,(H,21,24)(H,22,23). The second-order valence-corrected chi connectivity index (χ2v) is 6.18. The van der Waals surface area contributed by atoms with Gasteiger partial charge in [-0.1, -0.05) is 30.3 Å². The fourth-order valence-electron chi connectivity index (χ4n) is 3.00. The highest BCUT2D eigenvalue weighted by atomic mass is 16.2. The first-order chi connectivity index (χ1) is 11.7. The lowest BCUT2D eigenvalue weighted by molar-refractivity contribution is -0.121. The minimum atomic E-state index is -0.145. The second-order valence-electron chi connectivity index (χ2n) is 6.18. The fourth-order valence-corrected chi connectivity index (χ4v) is 3.00. The number of fused-ring (bicyclic) bond motifs is 1. The number of amides is 2. The van der Waals surface area contributed by atoms with Crippen molar-refractivity contribution >= 4 is 22.6 Å². The Hall–Kier alpha value is -2.40. The van der Waals surface area contributed by atoms with E-state index in [4.69, 9.17) is 0 Å². The third-order valence-electron chi connectivity index (χ3n) is 4.31. The van der Waals surface area contributed by atoms with Gasteiger partial charge in [-0.05, 0) is 42.3 Å². The molecule has 1 unspecified atom stereocenters. The van der Waals surface area contributed by atoms with Crippen molar-refractivity contribution in [1.82, 2.24) is 16.0 Å². The molecule has 1 aliphatic rings. The Morgan fingerprint density at radius 2 is 1.96 bits per heavy atom. The average molecular weight is 325 g/mol. The molecule has 5 nitrogen and oxygen atoms in total. The van der Waals surface area contributed by atoms with Crippen LogP contribution in [0.1, 0.15) is 29.6 Å². The number of rotatable bonds is 5. The highest BCUT2D eigenvalue weighted by Gasteiger charge is 2.15. The largest absolute Gasteiger partial charge is 0.352 e. The molecule has 0 radical (unpaired) electrons. The highest BCUT2D eigenvalue weighted by molar-refractivity contribution is 5.98. The van der Waals surface area contributed by atoms with Gasteiger partial charge >= 0.3 is 0 Å². The summed E-state index contributed by atoms with van der Waals surface area (Å²) in [4.78, 5) is 24.1. The van der Waals surface area contributed by atoms with Crippen molar-refractivity contribution in [3.8, 4) is 0 Å². The molecular formula is C19H23N3O2. The van der Waals surface area contributed by atoms with Crippen LogP contribution in [-0.2, 0) is 4.79 Å². The van der Waals surface area contributed by atoms with Gasteiger partial charge < -0.3 is 16.0 Å². The van der Waals surface area contributed by atoms with Crippen LogP contribution in [0.5, 0.6) is 0 Å². The first kappa shape index (κ1) is 16.5. The predicted molar refractivity (Wildman–Crippen MR) is 94.9 cm³/mol. The molecule has 1 fully saturated rings. The average Bonchev–Trinajstić information content (AvgIpc) is 2.62. The molecule has 0 saturated carbocycles. The van der Waals surface area contributed by atoms with Gasteiger partial charge in [0.25, 0.3) is 5.91 Å². The Morgan fingerprint density at radius 3 is 2.75 bits per heavy atom. The Labute approximate surface area is 141 Å². The molecule has 1 atom stereocenters. The van der Waals surface area contributed by atoms with Gasteiger partial charge in [-0.15, -0.1) is 0 Å². The molecule has 0 aliphatic carbocycles. The smallest absolute Gasteiger partial charge is 0.251 e. The third kappa shape index (κ3) is 4.32. The molecule has 24 heavy (non-hydrogen) atoms. The van der Waals surface area contributed by atoms with Gasteiger partial charge in [0.2, 0.25) is 5.91 Å². The predicted octanol–water partition coefficient (Wildman–Crippen LogP) is 1.83. The van der Waals surface area contributed by atoms with Crippen LogP contribution < -0.4 is 16.0 Å². The molecule has 1 saturated heterocycles. The van der Waals surface area contributed by atoms with Crippen LogP contribution in [0.25, 0.3) is 10.8 Å². The van der Waals surface area contributed by atoms with Crippen molar-refractivity contribution in [1.29, 1.82) is 0 Å². The van der Waals surface area contributed by atoms with E-state index in [0.717, 1.165) is 36.7 Å². The van der Waals surface area contributed by atoms with E-state index < -0.39 is 0 Å². The van der Waals surface area contributed by atoms with E-state index in [0.29, 0.717) is 18.5 Å². The van der Waals surface area contributed by atoms with E-state index in [9.17, 15) is 9.59 Å². The Kier molecular flexibility index (Phi) is 5.43. The van der Waals surface area contributed by atoms with Crippen LogP contribution in [0.3, 0.4) is 0 Å². The molecule has 2 aromatic rings. The molecule has 5 heteroatoms. The molecule has 1 heterocycles. The molecule has 0 aromatic heterocycles. The lowest BCUT2D eigenvalue weighted by atomic mass is 10.1. The van der Waals surface area contributed by atoms with E-state index in [1.165, 1.54) is 0 Å². The van der Waals surface area contributed by atoms with Crippen LogP contribution in [0.15, 0.2) is 42.5 Å². The summed E-state index contributed by atoms with van der Waals surface area (Å²) in [7, 11) is 0. The van der Waals surface area contributed by atoms with Crippen molar-refractivity contribution in [3.63, 3.8) is 0 Å². The van der Waals surface area contributed by atoms with Crippen molar-refractivity contribution < 1.29 is 9.59 Å². The summed E-state index contributed by atoms with van der Waals surface area (Å²) in [6.07, 6.45) is 2.40. The first-order valence-electron chi connectivity index (χ1n) is 8.49. The summed E-state index contributed by atoms with van der Waals surface area (Å²) in [6.45, 7) is 2.20. The van der Waals surface area contributed by atoms with Gasteiger partial charge in [-0.3, -0.25) is 9.59 Å². The van der Waals surface area contributed by atoms with Crippen molar-refractivity contribution in [2.45, 2.75) is 25.3 Å². The lowest BCUT2D eigenvalue weighted by Gasteiger charge is -2.23. The van der Waals surface area contributed by atoms with Gasteiger partial charge in [0.15, 0.2) is 0 Å². The van der Waals surface area contributed by atoms with Crippen molar-refractivity contribution in [2.24, 2.45) is 0 Å². The topological polar surface area (TPSA) is 70.2 Å². The first-order valence-corrected chi connectivity index (χ1v) is 8.49. The second kappa shape index (κ2) is 7.93. The van der Waals surface area contributed by atoms with Gasteiger partial charge in [0.1, 0.15) is 0 Å². The summed E-state index contributed by atoms with van der Waals surface area (Å²) in [5.74, 6) is -0.157. The van der Waals surface area contributed by atoms with Crippen LogP contribution in [0.4, 0.5) is 0 Å². The molecule has 2 amide bonds. The van der Waals surface area contributed by atoms with Crippen molar-refractivity contribution in [3.05, 3.63) is 48.0 Å². The minimum absolute atomic E-state index is 0.0116. The van der Waals surface area contributed by atoms with Gasteiger partial charge in [-0.2, -0.15) is 0 Å². The van der Waals surface area contributed by atoms with E-state index in [2.05, 4.69) is 16.0 Å². The van der Waals surface area contributed by atoms with Crippen molar-refractivity contribution in [2.75, 3.05) is 19.6 Å². The van der Waals surface area contributed by atoms with Crippen LogP contribution in [-0.4, -0.2) is 37.5 Å². The highest BCUT2D eigenvalue weighted by Crippen LogP contribution is 2.15. The van der Waals surface area contributed by atoms with E-state index in [1.54, 1.807) is 0 Å². The summed E-state index contributed by atoms with van der Waals surface area (Å²) < 4.78 is 0.